The second-order valence-corrected chi connectivity index (χ2v) is 5.37. The number of nitrogens with two attached hydrogens (primary N) is 1. The van der Waals surface area contributed by atoms with Crippen molar-refractivity contribution in [2.45, 2.75) is 39.3 Å². The first kappa shape index (κ1) is 14.9. The number of furan rings is 1. The van der Waals surface area contributed by atoms with Crippen molar-refractivity contribution in [2.75, 3.05) is 0 Å². The van der Waals surface area contributed by atoms with Gasteiger partial charge in [0.05, 0.1) is 6.26 Å². The first-order valence-corrected chi connectivity index (χ1v) is 7.13. The van der Waals surface area contributed by atoms with E-state index in [1.54, 1.807) is 6.26 Å². The maximum absolute atomic E-state index is 6.18. The average Bonchev–Trinajstić information content (AvgIpc) is 2.95. The predicted octanol–water partition coefficient (Wildman–Crippen LogP) is 4.41. The zero-order chi connectivity index (χ0) is 14.7. The van der Waals surface area contributed by atoms with E-state index in [1.165, 1.54) is 0 Å². The van der Waals surface area contributed by atoms with E-state index in [4.69, 9.17) is 26.5 Å². The molecular formula is C16H20ClNO2. The van der Waals surface area contributed by atoms with E-state index in [2.05, 4.69) is 0 Å². The number of rotatable bonds is 5. The number of benzene rings is 1. The van der Waals surface area contributed by atoms with Crippen molar-refractivity contribution in [3.8, 4) is 5.75 Å². The van der Waals surface area contributed by atoms with E-state index in [-0.39, 0.29) is 12.1 Å². The Labute approximate surface area is 124 Å². The summed E-state index contributed by atoms with van der Waals surface area (Å²) in [5.74, 6) is 1.50. The number of halogens is 1. The Balaban J connectivity index is 2.29. The predicted molar refractivity (Wildman–Crippen MR) is 81.3 cm³/mol. The second kappa shape index (κ2) is 6.33. The second-order valence-electron chi connectivity index (χ2n) is 5.00. The van der Waals surface area contributed by atoms with Crippen molar-refractivity contribution in [2.24, 2.45) is 5.73 Å². The minimum absolute atomic E-state index is 0.127. The topological polar surface area (TPSA) is 48.4 Å². The molecule has 108 valence electrons. The van der Waals surface area contributed by atoms with Gasteiger partial charge < -0.3 is 14.9 Å². The molecule has 2 N–H and O–H groups in total. The maximum atomic E-state index is 6.18. The smallest absolute Gasteiger partial charge is 0.171 e. The van der Waals surface area contributed by atoms with E-state index >= 15 is 0 Å². The molecule has 0 saturated heterocycles. The molecule has 0 aliphatic carbocycles. The average molecular weight is 294 g/mol. The standard InChI is InChI=1S/C16H20ClNO2/c1-4-13(18)16(14-6-5-7-19-14)20-12-8-10(2)15(17)11(3)9-12/h5-9,13,16H,4,18H2,1-3H3. The molecule has 0 aliphatic rings. The summed E-state index contributed by atoms with van der Waals surface area (Å²) in [4.78, 5) is 0. The van der Waals surface area contributed by atoms with Gasteiger partial charge in [-0.15, -0.1) is 0 Å². The Morgan fingerprint density at radius 2 is 1.95 bits per heavy atom. The molecule has 1 heterocycles. The Morgan fingerprint density at radius 3 is 2.45 bits per heavy atom. The molecule has 0 aliphatic heterocycles. The summed E-state index contributed by atoms with van der Waals surface area (Å²) in [6, 6.07) is 7.45. The molecule has 3 nitrogen and oxygen atoms in total. The molecule has 0 bridgehead atoms. The number of ether oxygens (including phenoxy) is 1. The first-order chi connectivity index (χ1) is 9.52. The van der Waals surface area contributed by atoms with Crippen LogP contribution in [0, 0.1) is 13.8 Å². The van der Waals surface area contributed by atoms with Gasteiger partial charge in [-0.3, -0.25) is 0 Å². The van der Waals surface area contributed by atoms with Crippen LogP contribution in [0.15, 0.2) is 34.9 Å². The van der Waals surface area contributed by atoms with Crippen LogP contribution in [0.3, 0.4) is 0 Å². The summed E-state index contributed by atoms with van der Waals surface area (Å²) in [7, 11) is 0. The third-order valence-corrected chi connectivity index (χ3v) is 3.95. The Kier molecular flexibility index (Phi) is 4.73. The quantitative estimate of drug-likeness (QED) is 0.888. The number of hydrogen-bond acceptors (Lipinski definition) is 3. The van der Waals surface area contributed by atoms with Crippen molar-refractivity contribution in [1.82, 2.24) is 0 Å². The van der Waals surface area contributed by atoms with Gasteiger partial charge in [-0.25, -0.2) is 0 Å². The zero-order valence-corrected chi connectivity index (χ0v) is 12.8. The van der Waals surface area contributed by atoms with E-state index in [9.17, 15) is 0 Å². The molecule has 0 fully saturated rings. The molecule has 0 spiro atoms. The number of aryl methyl sites for hydroxylation is 2. The van der Waals surface area contributed by atoms with Crippen molar-refractivity contribution < 1.29 is 9.15 Å². The molecule has 1 aromatic heterocycles. The highest BCUT2D eigenvalue weighted by molar-refractivity contribution is 6.32. The molecule has 4 heteroatoms. The van der Waals surface area contributed by atoms with Crippen LogP contribution in [0.4, 0.5) is 0 Å². The van der Waals surface area contributed by atoms with E-state index < -0.39 is 0 Å². The van der Waals surface area contributed by atoms with Gasteiger partial charge in [-0.1, -0.05) is 18.5 Å². The van der Waals surface area contributed by atoms with Gasteiger partial charge >= 0.3 is 0 Å². The lowest BCUT2D eigenvalue weighted by Gasteiger charge is -2.23. The molecular weight excluding hydrogens is 274 g/mol. The van der Waals surface area contributed by atoms with Gasteiger partial charge in [0.1, 0.15) is 11.5 Å². The van der Waals surface area contributed by atoms with Crippen LogP contribution in [-0.4, -0.2) is 6.04 Å². The fraction of sp³-hybridized carbons (Fsp3) is 0.375. The Morgan fingerprint density at radius 1 is 1.30 bits per heavy atom. The maximum Gasteiger partial charge on any atom is 0.171 e. The third-order valence-electron chi connectivity index (χ3n) is 3.36. The SMILES string of the molecule is CCC(N)C(Oc1cc(C)c(Cl)c(C)c1)c1ccco1. The molecule has 2 unspecified atom stereocenters. The van der Waals surface area contributed by atoms with Crippen molar-refractivity contribution in [1.29, 1.82) is 0 Å². The zero-order valence-electron chi connectivity index (χ0n) is 12.0. The van der Waals surface area contributed by atoms with Gasteiger partial charge in [-0.05, 0) is 55.7 Å². The lowest BCUT2D eigenvalue weighted by molar-refractivity contribution is 0.144. The van der Waals surface area contributed by atoms with Crippen LogP contribution < -0.4 is 10.5 Å². The lowest BCUT2D eigenvalue weighted by Crippen LogP contribution is -2.31. The highest BCUT2D eigenvalue weighted by Gasteiger charge is 2.23. The summed E-state index contributed by atoms with van der Waals surface area (Å²) in [5, 5.41) is 0.770. The Hall–Kier alpha value is -1.45. The van der Waals surface area contributed by atoms with E-state index in [0.29, 0.717) is 0 Å². The van der Waals surface area contributed by atoms with Gasteiger partial charge in [0.25, 0.3) is 0 Å². The monoisotopic (exact) mass is 293 g/mol. The molecule has 2 rings (SSSR count). The summed E-state index contributed by atoms with van der Waals surface area (Å²) in [6.45, 7) is 5.95. The summed E-state index contributed by atoms with van der Waals surface area (Å²) in [5.41, 5.74) is 8.13. The van der Waals surface area contributed by atoms with Crippen LogP contribution in [0.25, 0.3) is 0 Å². The van der Waals surface area contributed by atoms with Crippen LogP contribution >= 0.6 is 11.6 Å². The van der Waals surface area contributed by atoms with Gasteiger partial charge in [-0.2, -0.15) is 0 Å². The van der Waals surface area contributed by atoms with Gasteiger partial charge in [0.15, 0.2) is 6.10 Å². The van der Waals surface area contributed by atoms with Crippen molar-refractivity contribution >= 4 is 11.6 Å². The lowest BCUT2D eigenvalue weighted by atomic mass is 10.1. The van der Waals surface area contributed by atoms with Crippen molar-refractivity contribution in [3.63, 3.8) is 0 Å². The van der Waals surface area contributed by atoms with Crippen LogP contribution in [0.2, 0.25) is 5.02 Å². The highest BCUT2D eigenvalue weighted by Crippen LogP contribution is 2.30. The van der Waals surface area contributed by atoms with E-state index in [0.717, 1.165) is 34.1 Å². The van der Waals surface area contributed by atoms with Gasteiger partial charge in [0.2, 0.25) is 0 Å². The summed E-state index contributed by atoms with van der Waals surface area (Å²) in [6.07, 6.45) is 2.14. The third kappa shape index (κ3) is 3.17. The normalized spacial score (nSPS) is 14.1. The first-order valence-electron chi connectivity index (χ1n) is 6.75. The van der Waals surface area contributed by atoms with Gasteiger partial charge in [0, 0.05) is 11.1 Å². The molecule has 0 radical (unpaired) electrons. The molecule has 1 aromatic carbocycles. The minimum Gasteiger partial charge on any atom is -0.481 e. The molecule has 2 aromatic rings. The van der Waals surface area contributed by atoms with Crippen LogP contribution in [0.5, 0.6) is 5.75 Å². The van der Waals surface area contributed by atoms with Crippen LogP contribution in [0.1, 0.15) is 36.3 Å². The number of hydrogen-bond donors (Lipinski definition) is 1. The molecule has 0 amide bonds. The molecule has 20 heavy (non-hydrogen) atoms. The summed E-state index contributed by atoms with van der Waals surface area (Å²) < 4.78 is 11.5. The van der Waals surface area contributed by atoms with Crippen molar-refractivity contribution in [3.05, 3.63) is 52.4 Å². The largest absolute Gasteiger partial charge is 0.481 e. The highest BCUT2D eigenvalue weighted by atomic mass is 35.5. The fourth-order valence-electron chi connectivity index (χ4n) is 2.14. The van der Waals surface area contributed by atoms with E-state index in [1.807, 2.05) is 45.0 Å². The minimum atomic E-state index is -0.296. The Bertz CT molecular complexity index is 543. The summed E-state index contributed by atoms with van der Waals surface area (Å²) >= 11 is 6.18. The molecule has 0 saturated carbocycles. The fourth-order valence-corrected chi connectivity index (χ4v) is 2.25. The molecule has 2 atom stereocenters. The van der Waals surface area contributed by atoms with Crippen LogP contribution in [-0.2, 0) is 0 Å².